The van der Waals surface area contributed by atoms with Gasteiger partial charge in [-0.2, -0.15) is 0 Å². The summed E-state index contributed by atoms with van der Waals surface area (Å²) in [6.45, 7) is 2.99. The molecule has 1 aliphatic rings. The number of piperazine rings is 1. The number of likely N-dealkylation sites (N-methyl/N-ethyl adjacent to an activating group) is 1. The molecule has 0 saturated carbocycles. The van der Waals surface area contributed by atoms with Crippen molar-refractivity contribution in [2.45, 2.75) is 0 Å². The summed E-state index contributed by atoms with van der Waals surface area (Å²) in [7, 11) is 2.02. The number of benzene rings is 1. The Kier molecular flexibility index (Phi) is 7.54. The zero-order valence-electron chi connectivity index (χ0n) is 19.3. The molecule has 4 rings (SSSR count). The first-order valence-electron chi connectivity index (χ1n) is 11.2. The lowest BCUT2D eigenvalue weighted by atomic mass is 10.1. The van der Waals surface area contributed by atoms with Crippen LogP contribution < -0.4 is 9.80 Å². The van der Waals surface area contributed by atoms with Crippen LogP contribution in [0.15, 0.2) is 28.7 Å². The molecule has 12 heteroatoms. The standard InChI is InChI=1S/C23H27FN6O5/c1-27-6-8-28(9-7-27)20-15-19-17(14-18(20)24)23(29(10-12-31)11-13-32)26-21(25-19)4-2-16-3-5-22(35-16)30(33)34/h2-5,14-15,31-32H,6-13H2,1H3/b4-2+. The summed E-state index contributed by atoms with van der Waals surface area (Å²) >= 11 is 0. The molecule has 186 valence electrons. The zero-order valence-corrected chi connectivity index (χ0v) is 19.3. The average Bonchev–Trinajstić information content (AvgIpc) is 3.32. The third-order valence-electron chi connectivity index (χ3n) is 5.83. The number of nitro groups is 1. The predicted molar refractivity (Wildman–Crippen MR) is 130 cm³/mol. The Morgan fingerprint density at radius 1 is 1.14 bits per heavy atom. The molecule has 3 aromatic rings. The number of hydrogen-bond donors (Lipinski definition) is 2. The lowest BCUT2D eigenvalue weighted by molar-refractivity contribution is -0.402. The zero-order chi connectivity index (χ0) is 24.9. The van der Waals surface area contributed by atoms with E-state index in [0.717, 1.165) is 13.1 Å². The van der Waals surface area contributed by atoms with Crippen LogP contribution in [0.5, 0.6) is 0 Å². The van der Waals surface area contributed by atoms with Gasteiger partial charge in [0.25, 0.3) is 0 Å². The lowest BCUT2D eigenvalue weighted by Gasteiger charge is -2.34. The van der Waals surface area contributed by atoms with Crippen molar-refractivity contribution in [3.05, 3.63) is 51.8 Å². The molecule has 0 unspecified atom stereocenters. The van der Waals surface area contributed by atoms with Crippen molar-refractivity contribution in [3.63, 3.8) is 0 Å². The maximum atomic E-state index is 15.2. The van der Waals surface area contributed by atoms with Gasteiger partial charge in [0.1, 0.15) is 22.3 Å². The van der Waals surface area contributed by atoms with Crippen molar-refractivity contribution < 1.29 is 23.9 Å². The first-order valence-corrected chi connectivity index (χ1v) is 11.2. The van der Waals surface area contributed by atoms with Gasteiger partial charge in [-0.3, -0.25) is 10.1 Å². The molecule has 2 N–H and O–H groups in total. The summed E-state index contributed by atoms with van der Waals surface area (Å²) < 4.78 is 20.4. The van der Waals surface area contributed by atoms with Crippen molar-refractivity contribution in [2.75, 3.05) is 69.3 Å². The van der Waals surface area contributed by atoms with Crippen LogP contribution in [0.3, 0.4) is 0 Å². The average molecular weight is 487 g/mol. The summed E-state index contributed by atoms with van der Waals surface area (Å²) in [4.78, 5) is 25.2. The molecular weight excluding hydrogens is 459 g/mol. The van der Waals surface area contributed by atoms with Gasteiger partial charge in [0.05, 0.1) is 30.5 Å². The third-order valence-corrected chi connectivity index (χ3v) is 5.83. The molecule has 0 aliphatic carbocycles. The highest BCUT2D eigenvalue weighted by molar-refractivity contribution is 5.93. The van der Waals surface area contributed by atoms with Crippen LogP contribution in [-0.4, -0.2) is 89.5 Å². The van der Waals surface area contributed by atoms with E-state index in [4.69, 9.17) is 4.42 Å². The van der Waals surface area contributed by atoms with Crippen LogP contribution >= 0.6 is 0 Å². The van der Waals surface area contributed by atoms with Crippen LogP contribution in [0.4, 0.5) is 21.8 Å². The minimum atomic E-state index is -0.627. The Labute approximate surface area is 200 Å². The van der Waals surface area contributed by atoms with Gasteiger partial charge in [0, 0.05) is 44.7 Å². The van der Waals surface area contributed by atoms with E-state index in [0.29, 0.717) is 35.5 Å². The fraction of sp³-hybridized carbons (Fsp3) is 0.391. The Hall–Kier alpha value is -3.61. The fourth-order valence-electron chi connectivity index (χ4n) is 4.00. The molecular formula is C23H27FN6O5. The van der Waals surface area contributed by atoms with Gasteiger partial charge in [0.15, 0.2) is 5.82 Å². The molecule has 1 saturated heterocycles. The van der Waals surface area contributed by atoms with Crippen LogP contribution in [0, 0.1) is 15.9 Å². The van der Waals surface area contributed by atoms with Gasteiger partial charge in [-0.1, -0.05) is 0 Å². The van der Waals surface area contributed by atoms with Crippen molar-refractivity contribution >= 4 is 40.4 Å². The van der Waals surface area contributed by atoms with E-state index in [1.807, 2.05) is 11.9 Å². The van der Waals surface area contributed by atoms with E-state index >= 15 is 4.39 Å². The van der Waals surface area contributed by atoms with Crippen molar-refractivity contribution in [1.29, 1.82) is 0 Å². The van der Waals surface area contributed by atoms with E-state index in [1.165, 1.54) is 24.3 Å². The highest BCUT2D eigenvalue weighted by Gasteiger charge is 2.21. The highest BCUT2D eigenvalue weighted by atomic mass is 19.1. The second kappa shape index (κ2) is 10.8. The van der Waals surface area contributed by atoms with E-state index in [1.54, 1.807) is 17.0 Å². The molecule has 35 heavy (non-hydrogen) atoms. The maximum absolute atomic E-state index is 15.2. The van der Waals surface area contributed by atoms with E-state index in [-0.39, 0.29) is 43.8 Å². The number of rotatable bonds is 9. The van der Waals surface area contributed by atoms with Crippen molar-refractivity contribution in [1.82, 2.24) is 14.9 Å². The number of halogens is 1. The fourth-order valence-corrected chi connectivity index (χ4v) is 4.00. The van der Waals surface area contributed by atoms with Gasteiger partial charge in [0.2, 0.25) is 0 Å². The molecule has 0 radical (unpaired) electrons. The lowest BCUT2D eigenvalue weighted by Crippen LogP contribution is -2.44. The van der Waals surface area contributed by atoms with Crippen molar-refractivity contribution in [2.24, 2.45) is 0 Å². The molecule has 3 heterocycles. The number of aliphatic hydroxyl groups is 2. The van der Waals surface area contributed by atoms with E-state index in [2.05, 4.69) is 14.9 Å². The predicted octanol–water partition coefficient (Wildman–Crippen LogP) is 1.98. The van der Waals surface area contributed by atoms with E-state index < -0.39 is 10.7 Å². The number of hydrogen-bond acceptors (Lipinski definition) is 10. The van der Waals surface area contributed by atoms with Crippen LogP contribution in [0.2, 0.25) is 0 Å². The van der Waals surface area contributed by atoms with Crippen molar-refractivity contribution in [3.8, 4) is 0 Å². The summed E-state index contributed by atoms with van der Waals surface area (Å²) in [6, 6.07) is 5.79. The van der Waals surface area contributed by atoms with Gasteiger partial charge >= 0.3 is 5.88 Å². The first kappa shape index (κ1) is 24.5. The topological polar surface area (TPSA) is 132 Å². The van der Waals surface area contributed by atoms with Gasteiger partial charge in [-0.25, -0.2) is 14.4 Å². The first-order chi connectivity index (χ1) is 16.9. The van der Waals surface area contributed by atoms with Gasteiger partial charge in [-0.05, 0) is 37.4 Å². The van der Waals surface area contributed by atoms with E-state index in [9.17, 15) is 20.3 Å². The number of aromatic nitrogens is 2. The molecule has 2 aromatic heterocycles. The van der Waals surface area contributed by atoms with Crippen LogP contribution in [-0.2, 0) is 0 Å². The monoisotopic (exact) mass is 486 g/mol. The number of fused-ring (bicyclic) bond motifs is 1. The quantitative estimate of drug-likeness (QED) is 0.342. The van der Waals surface area contributed by atoms with Gasteiger partial charge < -0.3 is 29.3 Å². The van der Waals surface area contributed by atoms with Crippen LogP contribution in [0.25, 0.3) is 23.1 Å². The second-order valence-electron chi connectivity index (χ2n) is 8.22. The largest absolute Gasteiger partial charge is 0.433 e. The second-order valence-corrected chi connectivity index (χ2v) is 8.22. The molecule has 1 aliphatic heterocycles. The minimum Gasteiger partial charge on any atom is -0.401 e. The normalized spacial score (nSPS) is 14.8. The summed E-state index contributed by atoms with van der Waals surface area (Å²) in [6.07, 6.45) is 3.05. The number of furan rings is 1. The Morgan fingerprint density at radius 3 is 2.49 bits per heavy atom. The minimum absolute atomic E-state index is 0.183. The van der Waals surface area contributed by atoms with Gasteiger partial charge in [-0.15, -0.1) is 0 Å². The SMILES string of the molecule is CN1CCN(c2cc3nc(/C=C/c4ccc([N+](=O)[O-])o4)nc(N(CCO)CCO)c3cc2F)CC1. The molecule has 0 amide bonds. The molecule has 11 nitrogen and oxygen atoms in total. The Morgan fingerprint density at radius 2 is 1.86 bits per heavy atom. The molecule has 0 atom stereocenters. The summed E-state index contributed by atoms with van der Waals surface area (Å²) in [5.41, 5.74) is 0.944. The smallest absolute Gasteiger partial charge is 0.401 e. The number of anilines is 2. The molecule has 1 fully saturated rings. The Balaban J connectivity index is 1.78. The number of aliphatic hydroxyl groups excluding tert-OH is 2. The number of nitrogens with zero attached hydrogens (tertiary/aromatic N) is 6. The summed E-state index contributed by atoms with van der Waals surface area (Å²) in [5.74, 6) is 0.109. The molecule has 1 aromatic carbocycles. The molecule has 0 spiro atoms. The third kappa shape index (κ3) is 5.56. The Bertz CT molecular complexity index is 1220. The molecule has 0 bridgehead atoms. The highest BCUT2D eigenvalue weighted by Crippen LogP contribution is 2.31. The van der Waals surface area contributed by atoms with Crippen LogP contribution in [0.1, 0.15) is 11.6 Å². The summed E-state index contributed by atoms with van der Waals surface area (Å²) in [5, 5.41) is 30.4. The maximum Gasteiger partial charge on any atom is 0.433 e.